The normalized spacial score (nSPS) is 10.0. The number of aliphatic carboxylic acids is 1. The molecule has 5 nitrogen and oxygen atoms in total. The van der Waals surface area contributed by atoms with Gasteiger partial charge in [0, 0.05) is 19.0 Å². The summed E-state index contributed by atoms with van der Waals surface area (Å²) >= 11 is 0. The number of carbonyl (C=O) groups is 2. The fourth-order valence-electron chi connectivity index (χ4n) is 2.13. The van der Waals surface area contributed by atoms with Gasteiger partial charge in [-0.1, -0.05) is 36.4 Å². The lowest BCUT2D eigenvalue weighted by molar-refractivity contribution is -0.135. The van der Waals surface area contributed by atoms with E-state index in [2.05, 4.69) is 5.32 Å². The van der Waals surface area contributed by atoms with Gasteiger partial charge in [0.1, 0.15) is 12.3 Å². The van der Waals surface area contributed by atoms with Crippen molar-refractivity contribution in [2.24, 2.45) is 0 Å². The average molecular weight is 299 g/mol. The monoisotopic (exact) mass is 299 g/mol. The predicted molar refractivity (Wildman–Crippen MR) is 83.1 cm³/mol. The number of hydrogen-bond acceptors (Lipinski definition) is 4. The van der Waals surface area contributed by atoms with Crippen LogP contribution in [0.3, 0.4) is 0 Å². The number of carboxylic acid groups (broad SMARTS) is 1. The Kier molecular flexibility index (Phi) is 5.14. The zero-order valence-electron chi connectivity index (χ0n) is 12.2. The van der Waals surface area contributed by atoms with Gasteiger partial charge in [0.05, 0.1) is 0 Å². The van der Waals surface area contributed by atoms with Crippen LogP contribution in [0.4, 0.5) is 5.69 Å². The fraction of sp³-hybridized carbons (Fsp3) is 0.176. The van der Waals surface area contributed by atoms with Crippen LogP contribution in [0.25, 0.3) is 0 Å². The molecule has 0 fully saturated rings. The molecule has 0 amide bonds. The van der Waals surface area contributed by atoms with E-state index in [4.69, 9.17) is 9.84 Å². The van der Waals surface area contributed by atoms with E-state index in [1.807, 2.05) is 36.4 Å². The van der Waals surface area contributed by atoms with Crippen LogP contribution >= 0.6 is 0 Å². The molecule has 0 saturated carbocycles. The van der Waals surface area contributed by atoms with E-state index in [0.717, 1.165) is 16.8 Å². The molecule has 0 bridgehead atoms. The Bertz CT molecular complexity index is 682. The number of nitrogens with one attached hydrogen (secondary N) is 1. The van der Waals surface area contributed by atoms with Crippen molar-refractivity contribution in [2.75, 3.05) is 11.9 Å². The molecule has 0 aliphatic rings. The second-order valence-electron chi connectivity index (χ2n) is 4.78. The van der Waals surface area contributed by atoms with Crippen molar-refractivity contribution in [1.29, 1.82) is 0 Å². The van der Waals surface area contributed by atoms with Gasteiger partial charge in [0.25, 0.3) is 0 Å². The third-order valence-corrected chi connectivity index (χ3v) is 3.05. The quantitative estimate of drug-likeness (QED) is 0.633. The van der Waals surface area contributed by atoms with Crippen molar-refractivity contribution >= 4 is 17.6 Å². The molecule has 22 heavy (non-hydrogen) atoms. The molecule has 0 aliphatic heterocycles. The van der Waals surface area contributed by atoms with Crippen LogP contribution in [0.5, 0.6) is 5.75 Å². The number of carboxylic acids is 1. The average Bonchev–Trinajstić information content (AvgIpc) is 2.48. The molecule has 0 unspecified atom stereocenters. The van der Waals surface area contributed by atoms with Crippen LogP contribution in [-0.4, -0.2) is 23.6 Å². The Morgan fingerprint density at radius 1 is 1.05 bits per heavy atom. The summed E-state index contributed by atoms with van der Waals surface area (Å²) in [7, 11) is 0. The van der Waals surface area contributed by atoms with Gasteiger partial charge < -0.3 is 15.2 Å². The maximum absolute atomic E-state index is 11.2. The van der Waals surface area contributed by atoms with Gasteiger partial charge in [0.2, 0.25) is 0 Å². The Morgan fingerprint density at radius 2 is 1.68 bits per heavy atom. The van der Waals surface area contributed by atoms with Gasteiger partial charge in [-0.15, -0.1) is 0 Å². The summed E-state index contributed by atoms with van der Waals surface area (Å²) in [5.74, 6) is -0.775. The second-order valence-corrected chi connectivity index (χ2v) is 4.78. The van der Waals surface area contributed by atoms with Crippen LogP contribution in [-0.2, 0) is 16.0 Å². The van der Waals surface area contributed by atoms with Crippen molar-refractivity contribution in [3.63, 3.8) is 0 Å². The van der Waals surface area contributed by atoms with Crippen molar-refractivity contribution < 1.29 is 19.4 Å². The first-order chi connectivity index (χ1) is 10.6. The van der Waals surface area contributed by atoms with Gasteiger partial charge in [0.15, 0.2) is 0 Å². The highest BCUT2D eigenvalue weighted by Gasteiger charge is 2.09. The summed E-state index contributed by atoms with van der Waals surface area (Å²) in [6.45, 7) is 1.21. The van der Waals surface area contributed by atoms with Crippen LogP contribution in [0.1, 0.15) is 18.1 Å². The highest BCUT2D eigenvalue weighted by atomic mass is 16.5. The lowest BCUT2D eigenvalue weighted by Gasteiger charge is -2.13. The van der Waals surface area contributed by atoms with Crippen LogP contribution in [0.15, 0.2) is 48.5 Å². The van der Waals surface area contributed by atoms with E-state index in [1.54, 1.807) is 12.1 Å². The lowest BCUT2D eigenvalue weighted by atomic mass is 10.0. The van der Waals surface area contributed by atoms with Crippen molar-refractivity contribution in [3.8, 4) is 5.75 Å². The fourth-order valence-corrected chi connectivity index (χ4v) is 2.13. The van der Waals surface area contributed by atoms with Crippen LogP contribution in [0, 0.1) is 0 Å². The highest BCUT2D eigenvalue weighted by molar-refractivity contribution is 5.73. The number of esters is 1. The van der Waals surface area contributed by atoms with E-state index in [-0.39, 0.29) is 12.5 Å². The van der Waals surface area contributed by atoms with Crippen LogP contribution < -0.4 is 10.1 Å². The minimum Gasteiger partial charge on any atom is -0.480 e. The first-order valence-corrected chi connectivity index (χ1v) is 6.86. The maximum Gasteiger partial charge on any atom is 0.322 e. The molecule has 2 aromatic rings. The third kappa shape index (κ3) is 4.34. The molecule has 0 spiro atoms. The van der Waals surface area contributed by atoms with E-state index in [1.165, 1.54) is 6.92 Å². The number of anilines is 1. The number of rotatable bonds is 6. The first kappa shape index (κ1) is 15.6. The van der Waals surface area contributed by atoms with E-state index >= 15 is 0 Å². The van der Waals surface area contributed by atoms with Gasteiger partial charge in [-0.3, -0.25) is 9.59 Å². The standard InChI is InChI=1S/C17H17NO4/c1-12(19)22-16-9-5-3-7-14(16)10-13-6-2-4-8-15(13)18-11-17(20)21/h2-9,18H,10-11H2,1H3,(H,20,21). The zero-order chi connectivity index (χ0) is 15.9. The molecule has 0 heterocycles. The molecular weight excluding hydrogens is 282 g/mol. The Balaban J connectivity index is 2.24. The van der Waals surface area contributed by atoms with E-state index < -0.39 is 5.97 Å². The first-order valence-electron chi connectivity index (χ1n) is 6.86. The summed E-state index contributed by atoms with van der Waals surface area (Å²) in [5.41, 5.74) is 2.55. The zero-order valence-corrected chi connectivity index (χ0v) is 12.2. The van der Waals surface area contributed by atoms with E-state index in [0.29, 0.717) is 12.2 Å². The molecule has 2 rings (SSSR count). The second kappa shape index (κ2) is 7.26. The molecule has 0 atom stereocenters. The molecule has 2 aromatic carbocycles. The molecule has 2 N–H and O–H groups in total. The molecule has 0 radical (unpaired) electrons. The summed E-state index contributed by atoms with van der Waals surface area (Å²) in [6.07, 6.45) is 0.534. The smallest absolute Gasteiger partial charge is 0.322 e. The van der Waals surface area contributed by atoms with Crippen molar-refractivity contribution in [1.82, 2.24) is 0 Å². The predicted octanol–water partition coefficient (Wildman–Crippen LogP) is 2.70. The van der Waals surface area contributed by atoms with Gasteiger partial charge >= 0.3 is 11.9 Å². The number of ether oxygens (including phenoxy) is 1. The molecular formula is C17H17NO4. The van der Waals surface area contributed by atoms with Crippen molar-refractivity contribution in [3.05, 3.63) is 59.7 Å². The minimum atomic E-state index is -0.921. The number of carbonyl (C=O) groups excluding carboxylic acids is 1. The van der Waals surface area contributed by atoms with Gasteiger partial charge in [-0.05, 0) is 23.3 Å². The largest absolute Gasteiger partial charge is 0.480 e. The lowest BCUT2D eigenvalue weighted by Crippen LogP contribution is -2.13. The topological polar surface area (TPSA) is 75.6 Å². The summed E-state index contributed by atoms with van der Waals surface area (Å²) in [4.78, 5) is 21.9. The molecule has 5 heteroatoms. The Labute approximate surface area is 128 Å². The molecule has 0 aliphatic carbocycles. The number of hydrogen-bond donors (Lipinski definition) is 2. The van der Waals surface area contributed by atoms with E-state index in [9.17, 15) is 9.59 Å². The van der Waals surface area contributed by atoms with Crippen LogP contribution in [0.2, 0.25) is 0 Å². The molecule has 0 aromatic heterocycles. The number of para-hydroxylation sites is 2. The number of benzene rings is 2. The van der Waals surface area contributed by atoms with Crippen molar-refractivity contribution in [2.45, 2.75) is 13.3 Å². The van der Waals surface area contributed by atoms with Gasteiger partial charge in [-0.2, -0.15) is 0 Å². The maximum atomic E-state index is 11.2. The summed E-state index contributed by atoms with van der Waals surface area (Å²) in [6, 6.07) is 14.8. The summed E-state index contributed by atoms with van der Waals surface area (Å²) in [5, 5.41) is 11.7. The minimum absolute atomic E-state index is 0.150. The Morgan fingerprint density at radius 3 is 2.36 bits per heavy atom. The summed E-state index contributed by atoms with van der Waals surface area (Å²) < 4.78 is 5.20. The highest BCUT2D eigenvalue weighted by Crippen LogP contribution is 2.25. The Hall–Kier alpha value is -2.82. The SMILES string of the molecule is CC(=O)Oc1ccccc1Cc1ccccc1NCC(=O)O. The van der Waals surface area contributed by atoms with Gasteiger partial charge in [-0.25, -0.2) is 0 Å². The molecule has 114 valence electrons. The molecule has 0 saturated heterocycles. The third-order valence-electron chi connectivity index (χ3n) is 3.05.